The van der Waals surface area contributed by atoms with Crippen molar-refractivity contribution in [3.8, 4) is 0 Å². The van der Waals surface area contributed by atoms with Gasteiger partial charge in [-0.05, 0) is 30.2 Å². The number of anilines is 1. The van der Waals surface area contributed by atoms with E-state index in [4.69, 9.17) is 9.47 Å². The summed E-state index contributed by atoms with van der Waals surface area (Å²) in [6.45, 7) is 2.14. The molecule has 0 saturated heterocycles. The fourth-order valence-electron chi connectivity index (χ4n) is 2.15. The summed E-state index contributed by atoms with van der Waals surface area (Å²) in [5.74, 6) is -0.329. The number of ether oxygens (including phenoxy) is 2. The van der Waals surface area contributed by atoms with Crippen LogP contribution in [0.5, 0.6) is 0 Å². The predicted octanol–water partition coefficient (Wildman–Crippen LogP) is 3.09. The highest BCUT2D eigenvalue weighted by atomic mass is 16.6. The number of amides is 2. The van der Waals surface area contributed by atoms with E-state index in [9.17, 15) is 14.4 Å². The minimum atomic E-state index is -0.767. The fourth-order valence-corrected chi connectivity index (χ4v) is 2.15. The predicted molar refractivity (Wildman–Crippen MR) is 91.9 cm³/mol. The monoisotopic (exact) mass is 341 g/mol. The van der Waals surface area contributed by atoms with E-state index in [2.05, 4.69) is 0 Å². The summed E-state index contributed by atoms with van der Waals surface area (Å²) in [4.78, 5) is 35.7. The minimum absolute atomic E-state index is 0.0744. The normalized spacial score (nSPS) is 9.96. The molecule has 0 heterocycles. The van der Waals surface area contributed by atoms with Crippen LogP contribution in [0.1, 0.15) is 18.1 Å². The molecule has 0 spiro atoms. The van der Waals surface area contributed by atoms with E-state index in [1.807, 2.05) is 30.3 Å². The van der Waals surface area contributed by atoms with E-state index >= 15 is 0 Å². The van der Waals surface area contributed by atoms with Gasteiger partial charge in [-0.15, -0.1) is 0 Å². The van der Waals surface area contributed by atoms with Crippen LogP contribution in [-0.2, 0) is 32.1 Å². The number of carbonyl (C=O) groups is 3. The largest absolute Gasteiger partial charge is 0.466 e. The molecular formula is C19H19NO5. The molecule has 2 aromatic rings. The highest BCUT2D eigenvalue weighted by Crippen LogP contribution is 2.16. The van der Waals surface area contributed by atoms with Crippen molar-refractivity contribution in [1.29, 1.82) is 0 Å². The topological polar surface area (TPSA) is 72.9 Å². The van der Waals surface area contributed by atoms with Crippen LogP contribution >= 0.6 is 0 Å². The van der Waals surface area contributed by atoms with E-state index in [1.165, 1.54) is 0 Å². The minimum Gasteiger partial charge on any atom is -0.466 e. The summed E-state index contributed by atoms with van der Waals surface area (Å²) in [7, 11) is 0. The smallest absolute Gasteiger partial charge is 0.421 e. The van der Waals surface area contributed by atoms with Crippen molar-refractivity contribution in [2.75, 3.05) is 11.5 Å². The Kier molecular flexibility index (Phi) is 6.71. The maximum atomic E-state index is 12.1. The van der Waals surface area contributed by atoms with Crippen LogP contribution in [0.2, 0.25) is 0 Å². The van der Waals surface area contributed by atoms with Crippen LogP contribution in [0.15, 0.2) is 54.6 Å². The first kappa shape index (κ1) is 18.2. The molecule has 0 aromatic heterocycles. The second-order valence-corrected chi connectivity index (χ2v) is 5.16. The maximum Gasteiger partial charge on any atom is 0.421 e. The summed E-state index contributed by atoms with van der Waals surface area (Å²) in [6.07, 6.45) is -0.238. The van der Waals surface area contributed by atoms with Crippen molar-refractivity contribution in [3.05, 3.63) is 65.7 Å². The molecule has 2 rings (SSSR count). The Bertz CT molecular complexity index is 712. The number of carbonyl (C=O) groups excluding carboxylic acids is 3. The van der Waals surface area contributed by atoms with Crippen LogP contribution in [0, 0.1) is 0 Å². The standard InChI is InChI=1S/C19H19NO5/c1-2-24-18(22)12-15-8-10-17(11-9-15)20(14-21)19(23)25-13-16-6-4-3-5-7-16/h3-11,14H,2,12-13H2,1H3. The first-order valence-corrected chi connectivity index (χ1v) is 7.83. The molecule has 2 amide bonds. The van der Waals surface area contributed by atoms with E-state index in [-0.39, 0.29) is 19.0 Å². The molecule has 0 bridgehead atoms. The van der Waals surface area contributed by atoms with Gasteiger partial charge in [-0.3, -0.25) is 9.59 Å². The second-order valence-electron chi connectivity index (χ2n) is 5.16. The summed E-state index contributed by atoms with van der Waals surface area (Å²) < 4.78 is 10.0. The zero-order chi connectivity index (χ0) is 18.1. The molecule has 0 unspecified atom stereocenters. The van der Waals surface area contributed by atoms with Crippen LogP contribution in [-0.4, -0.2) is 25.1 Å². The fraction of sp³-hybridized carbons (Fsp3) is 0.211. The second kappa shape index (κ2) is 9.22. The van der Waals surface area contributed by atoms with Gasteiger partial charge < -0.3 is 9.47 Å². The third-order valence-corrected chi connectivity index (χ3v) is 3.38. The molecule has 2 aromatic carbocycles. The summed E-state index contributed by atoms with van der Waals surface area (Å²) in [5, 5.41) is 0. The van der Waals surface area contributed by atoms with Gasteiger partial charge >= 0.3 is 12.1 Å². The Labute approximate surface area is 146 Å². The van der Waals surface area contributed by atoms with Crippen LogP contribution in [0.3, 0.4) is 0 Å². The number of hydrogen-bond donors (Lipinski definition) is 0. The molecule has 0 radical (unpaired) electrons. The van der Waals surface area contributed by atoms with Gasteiger partial charge in [-0.1, -0.05) is 42.5 Å². The van der Waals surface area contributed by atoms with Gasteiger partial charge in [-0.25, -0.2) is 9.69 Å². The number of esters is 1. The zero-order valence-electron chi connectivity index (χ0n) is 13.9. The zero-order valence-corrected chi connectivity index (χ0v) is 13.9. The van der Waals surface area contributed by atoms with Crippen molar-refractivity contribution in [2.45, 2.75) is 20.0 Å². The molecule has 25 heavy (non-hydrogen) atoms. The van der Waals surface area contributed by atoms with Gasteiger partial charge in [0, 0.05) is 0 Å². The number of hydrogen-bond acceptors (Lipinski definition) is 5. The molecule has 0 aliphatic heterocycles. The summed E-state index contributed by atoms with van der Waals surface area (Å²) in [5.41, 5.74) is 1.91. The van der Waals surface area contributed by atoms with Crippen molar-refractivity contribution in [3.63, 3.8) is 0 Å². The van der Waals surface area contributed by atoms with Gasteiger partial charge in [0.2, 0.25) is 6.41 Å². The molecule has 130 valence electrons. The van der Waals surface area contributed by atoms with Crippen LogP contribution in [0.25, 0.3) is 0 Å². The van der Waals surface area contributed by atoms with Gasteiger partial charge in [0.1, 0.15) is 6.61 Å². The molecule has 0 saturated carbocycles. The summed E-state index contributed by atoms with van der Waals surface area (Å²) >= 11 is 0. The molecule has 6 heteroatoms. The average Bonchev–Trinajstić information content (AvgIpc) is 2.63. The number of imide groups is 1. The average molecular weight is 341 g/mol. The maximum absolute atomic E-state index is 12.1. The summed E-state index contributed by atoms with van der Waals surface area (Å²) in [6, 6.07) is 15.7. The lowest BCUT2D eigenvalue weighted by molar-refractivity contribution is -0.142. The lowest BCUT2D eigenvalue weighted by Crippen LogP contribution is -2.29. The SMILES string of the molecule is CCOC(=O)Cc1ccc(N(C=O)C(=O)OCc2ccccc2)cc1. The van der Waals surface area contributed by atoms with Crippen molar-refractivity contribution < 1.29 is 23.9 Å². The van der Waals surface area contributed by atoms with Crippen LogP contribution < -0.4 is 4.90 Å². The molecule has 0 aliphatic rings. The van der Waals surface area contributed by atoms with Crippen molar-refractivity contribution >= 4 is 24.2 Å². The Balaban J connectivity index is 1.98. The van der Waals surface area contributed by atoms with E-state index in [0.29, 0.717) is 18.7 Å². The molecule has 6 nitrogen and oxygen atoms in total. The Morgan fingerprint density at radius 3 is 2.24 bits per heavy atom. The number of rotatable bonds is 7. The van der Waals surface area contributed by atoms with E-state index in [0.717, 1.165) is 16.0 Å². The molecule has 0 atom stereocenters. The molecule has 0 N–H and O–H groups in total. The van der Waals surface area contributed by atoms with Crippen LogP contribution in [0.4, 0.5) is 10.5 Å². The number of nitrogens with zero attached hydrogens (tertiary/aromatic N) is 1. The Hall–Kier alpha value is -3.15. The number of benzene rings is 2. The van der Waals surface area contributed by atoms with Crippen molar-refractivity contribution in [1.82, 2.24) is 0 Å². The van der Waals surface area contributed by atoms with Gasteiger partial charge in [0.25, 0.3) is 0 Å². The molecular weight excluding hydrogens is 322 g/mol. The first-order valence-electron chi connectivity index (χ1n) is 7.83. The third kappa shape index (κ3) is 5.46. The Morgan fingerprint density at radius 2 is 1.64 bits per heavy atom. The first-order chi connectivity index (χ1) is 12.1. The quantitative estimate of drug-likeness (QED) is 0.571. The lowest BCUT2D eigenvalue weighted by atomic mass is 10.1. The molecule has 0 fully saturated rings. The third-order valence-electron chi connectivity index (χ3n) is 3.38. The van der Waals surface area contributed by atoms with E-state index < -0.39 is 6.09 Å². The molecule has 0 aliphatic carbocycles. The highest BCUT2D eigenvalue weighted by Gasteiger charge is 2.17. The van der Waals surface area contributed by atoms with Gasteiger partial charge in [0.05, 0.1) is 18.7 Å². The highest BCUT2D eigenvalue weighted by molar-refractivity contribution is 6.03. The van der Waals surface area contributed by atoms with E-state index in [1.54, 1.807) is 31.2 Å². The van der Waals surface area contributed by atoms with Gasteiger partial charge in [0.15, 0.2) is 0 Å². The van der Waals surface area contributed by atoms with Gasteiger partial charge in [-0.2, -0.15) is 0 Å². The lowest BCUT2D eigenvalue weighted by Gasteiger charge is -2.16. The van der Waals surface area contributed by atoms with Crippen molar-refractivity contribution in [2.24, 2.45) is 0 Å². The Morgan fingerprint density at radius 1 is 0.960 bits per heavy atom.